The van der Waals surface area contributed by atoms with E-state index in [1.165, 1.54) is 29.6 Å². The zero-order valence-electron chi connectivity index (χ0n) is 11.0. The van der Waals surface area contributed by atoms with E-state index in [4.69, 9.17) is 0 Å². The summed E-state index contributed by atoms with van der Waals surface area (Å²) in [4.78, 5) is 15.9. The summed E-state index contributed by atoms with van der Waals surface area (Å²) in [5.74, 6) is -0.176. The van der Waals surface area contributed by atoms with Crippen LogP contribution in [-0.4, -0.2) is 22.0 Å². The normalized spacial score (nSPS) is 17.3. The van der Waals surface area contributed by atoms with Crippen LogP contribution in [0.25, 0.3) is 0 Å². The molecule has 1 aliphatic carbocycles. The highest BCUT2D eigenvalue weighted by molar-refractivity contribution is 5.94. The van der Waals surface area contributed by atoms with Crippen molar-refractivity contribution >= 4 is 5.91 Å². The molecule has 1 aromatic heterocycles. The zero-order chi connectivity index (χ0) is 13.9. The van der Waals surface area contributed by atoms with E-state index in [-0.39, 0.29) is 17.7 Å². The van der Waals surface area contributed by atoms with Gasteiger partial charge in [-0.2, -0.15) is 0 Å². The Morgan fingerprint density at radius 2 is 2.05 bits per heavy atom. The van der Waals surface area contributed by atoms with Crippen LogP contribution in [0.3, 0.4) is 0 Å². The number of nitrogens with zero attached hydrogens (tertiary/aromatic N) is 1. The largest absolute Gasteiger partial charge is 0.506 e. The standard InChI is InChI=1S/C16H16N2O2/c19-15-8-13(9-17-10-15)16(20)18-14-6-5-11-3-1-2-4-12(11)7-14/h1-4,8-10,14,19H,5-7H2,(H,18,20). The molecule has 2 N–H and O–H groups in total. The van der Waals surface area contributed by atoms with Crippen molar-refractivity contribution in [2.45, 2.75) is 25.3 Å². The number of hydrogen-bond acceptors (Lipinski definition) is 3. The fraction of sp³-hybridized carbons (Fsp3) is 0.250. The fourth-order valence-corrected chi connectivity index (χ4v) is 2.64. The molecule has 1 aliphatic rings. The summed E-state index contributed by atoms with van der Waals surface area (Å²) in [6.07, 6.45) is 5.56. The number of carbonyl (C=O) groups excluding carboxylic acids is 1. The van der Waals surface area contributed by atoms with Crippen molar-refractivity contribution in [3.8, 4) is 5.75 Å². The Morgan fingerprint density at radius 3 is 2.85 bits per heavy atom. The highest BCUT2D eigenvalue weighted by atomic mass is 16.3. The maximum absolute atomic E-state index is 12.1. The Bertz CT molecular complexity index is 640. The van der Waals surface area contributed by atoms with Gasteiger partial charge in [-0.15, -0.1) is 0 Å². The van der Waals surface area contributed by atoms with E-state index in [1.807, 2.05) is 6.07 Å². The highest BCUT2D eigenvalue weighted by Gasteiger charge is 2.20. The molecule has 0 saturated heterocycles. The Kier molecular flexibility index (Phi) is 3.37. The van der Waals surface area contributed by atoms with E-state index < -0.39 is 0 Å². The first-order chi connectivity index (χ1) is 9.72. The number of hydrogen-bond donors (Lipinski definition) is 2. The highest BCUT2D eigenvalue weighted by Crippen LogP contribution is 2.21. The third-order valence-electron chi connectivity index (χ3n) is 3.67. The number of aromatic hydroxyl groups is 1. The van der Waals surface area contributed by atoms with Gasteiger partial charge in [-0.1, -0.05) is 24.3 Å². The molecule has 0 aliphatic heterocycles. The first kappa shape index (κ1) is 12.7. The molecule has 3 rings (SSSR count). The lowest BCUT2D eigenvalue weighted by atomic mass is 9.88. The molecule has 4 nitrogen and oxygen atoms in total. The van der Waals surface area contributed by atoms with E-state index in [1.54, 1.807) is 0 Å². The molecule has 102 valence electrons. The second kappa shape index (κ2) is 5.33. The number of benzene rings is 1. The summed E-state index contributed by atoms with van der Waals surface area (Å²) >= 11 is 0. The maximum atomic E-state index is 12.1. The van der Waals surface area contributed by atoms with Gasteiger partial charge in [-0.3, -0.25) is 9.78 Å². The fourth-order valence-electron chi connectivity index (χ4n) is 2.64. The van der Waals surface area contributed by atoms with Crippen LogP contribution in [0.1, 0.15) is 27.9 Å². The van der Waals surface area contributed by atoms with Crippen molar-refractivity contribution in [1.29, 1.82) is 0 Å². The van der Waals surface area contributed by atoms with Crippen molar-refractivity contribution in [2.75, 3.05) is 0 Å². The van der Waals surface area contributed by atoms with Crippen molar-refractivity contribution in [2.24, 2.45) is 0 Å². The van der Waals surface area contributed by atoms with Gasteiger partial charge in [0.1, 0.15) is 5.75 Å². The maximum Gasteiger partial charge on any atom is 0.253 e. The van der Waals surface area contributed by atoms with Gasteiger partial charge >= 0.3 is 0 Å². The monoisotopic (exact) mass is 268 g/mol. The van der Waals surface area contributed by atoms with Crippen LogP contribution in [0.5, 0.6) is 5.75 Å². The van der Waals surface area contributed by atoms with Crippen LogP contribution in [0.2, 0.25) is 0 Å². The molecule has 1 amide bonds. The van der Waals surface area contributed by atoms with Gasteiger partial charge in [0, 0.05) is 12.2 Å². The van der Waals surface area contributed by atoms with E-state index in [0.717, 1.165) is 19.3 Å². The summed E-state index contributed by atoms with van der Waals surface area (Å²) in [5.41, 5.74) is 3.07. The van der Waals surface area contributed by atoms with Gasteiger partial charge in [0.15, 0.2) is 0 Å². The summed E-state index contributed by atoms with van der Waals surface area (Å²) in [6.45, 7) is 0. The lowest BCUT2D eigenvalue weighted by Gasteiger charge is -2.25. The molecule has 0 radical (unpaired) electrons. The summed E-state index contributed by atoms with van der Waals surface area (Å²) in [6, 6.07) is 9.91. The van der Waals surface area contributed by atoms with Gasteiger partial charge in [0.2, 0.25) is 0 Å². The summed E-state index contributed by atoms with van der Waals surface area (Å²) < 4.78 is 0. The van der Waals surface area contributed by atoms with Crippen LogP contribution >= 0.6 is 0 Å². The van der Waals surface area contributed by atoms with Crippen LogP contribution in [0, 0.1) is 0 Å². The lowest BCUT2D eigenvalue weighted by Crippen LogP contribution is -2.38. The molecule has 0 fully saturated rings. The molecule has 1 unspecified atom stereocenters. The number of pyridine rings is 1. The minimum absolute atomic E-state index is 0.00615. The SMILES string of the molecule is O=C(NC1CCc2ccccc2C1)c1cncc(O)c1. The first-order valence-electron chi connectivity index (χ1n) is 6.74. The summed E-state index contributed by atoms with van der Waals surface area (Å²) in [5, 5.41) is 12.4. The molecule has 4 heteroatoms. The van der Waals surface area contributed by atoms with Gasteiger partial charge in [0.05, 0.1) is 11.8 Å². The Morgan fingerprint density at radius 1 is 1.25 bits per heavy atom. The molecule has 20 heavy (non-hydrogen) atoms. The Balaban J connectivity index is 1.69. The van der Waals surface area contributed by atoms with Gasteiger partial charge in [-0.05, 0) is 36.5 Å². The zero-order valence-corrected chi connectivity index (χ0v) is 11.0. The number of carbonyl (C=O) groups is 1. The summed E-state index contributed by atoms with van der Waals surface area (Å²) in [7, 11) is 0. The van der Waals surface area contributed by atoms with Crippen molar-refractivity contribution in [1.82, 2.24) is 10.3 Å². The third-order valence-corrected chi connectivity index (χ3v) is 3.67. The number of fused-ring (bicyclic) bond motifs is 1. The first-order valence-corrected chi connectivity index (χ1v) is 6.74. The van der Waals surface area contributed by atoms with Crippen LogP contribution in [-0.2, 0) is 12.8 Å². The van der Waals surface area contributed by atoms with Crippen LogP contribution < -0.4 is 5.32 Å². The number of nitrogens with one attached hydrogen (secondary N) is 1. The third kappa shape index (κ3) is 2.64. The number of rotatable bonds is 2. The molecule has 0 bridgehead atoms. The van der Waals surface area contributed by atoms with Crippen molar-refractivity contribution < 1.29 is 9.90 Å². The van der Waals surface area contributed by atoms with Gasteiger partial charge < -0.3 is 10.4 Å². The van der Waals surface area contributed by atoms with Crippen molar-refractivity contribution in [3.63, 3.8) is 0 Å². The Labute approximate surface area is 117 Å². The molecular weight excluding hydrogens is 252 g/mol. The van der Waals surface area contributed by atoms with Gasteiger partial charge in [-0.25, -0.2) is 0 Å². The van der Waals surface area contributed by atoms with E-state index >= 15 is 0 Å². The number of aryl methyl sites for hydroxylation is 1. The van der Waals surface area contributed by atoms with E-state index in [0.29, 0.717) is 5.56 Å². The lowest BCUT2D eigenvalue weighted by molar-refractivity contribution is 0.0933. The predicted octanol–water partition coefficient (Wildman–Crippen LogP) is 2.07. The van der Waals surface area contributed by atoms with E-state index in [2.05, 4.69) is 28.5 Å². The quantitative estimate of drug-likeness (QED) is 0.876. The predicted molar refractivity (Wildman–Crippen MR) is 75.6 cm³/mol. The molecule has 1 atom stereocenters. The smallest absolute Gasteiger partial charge is 0.253 e. The van der Waals surface area contributed by atoms with Crippen LogP contribution in [0.4, 0.5) is 0 Å². The van der Waals surface area contributed by atoms with Gasteiger partial charge in [0.25, 0.3) is 5.91 Å². The topological polar surface area (TPSA) is 62.2 Å². The number of amides is 1. The van der Waals surface area contributed by atoms with Crippen LogP contribution in [0.15, 0.2) is 42.7 Å². The minimum Gasteiger partial charge on any atom is -0.506 e. The molecule has 1 heterocycles. The van der Waals surface area contributed by atoms with E-state index in [9.17, 15) is 9.90 Å². The molecule has 0 spiro atoms. The second-order valence-electron chi connectivity index (χ2n) is 5.11. The molecule has 2 aromatic rings. The second-order valence-corrected chi connectivity index (χ2v) is 5.11. The minimum atomic E-state index is -0.183. The average molecular weight is 268 g/mol. The number of aromatic nitrogens is 1. The van der Waals surface area contributed by atoms with Crippen molar-refractivity contribution in [3.05, 3.63) is 59.4 Å². The molecule has 0 saturated carbocycles. The average Bonchev–Trinajstić information content (AvgIpc) is 2.47. The Hall–Kier alpha value is -2.36. The molecule has 1 aromatic carbocycles. The molecular formula is C16H16N2O2.